The average molecular weight is 343 g/mol. The van der Waals surface area contributed by atoms with Gasteiger partial charge in [0.25, 0.3) is 5.91 Å². The molecule has 1 amide bonds. The predicted molar refractivity (Wildman–Crippen MR) is 93.0 cm³/mol. The Morgan fingerprint density at radius 2 is 2.12 bits per heavy atom. The molecule has 0 bridgehead atoms. The lowest BCUT2D eigenvalue weighted by atomic mass is 10.2. The number of nitrogens with one attached hydrogen (secondary N) is 2. The monoisotopic (exact) mass is 343 g/mol. The fourth-order valence-corrected chi connectivity index (χ4v) is 2.43. The smallest absolute Gasteiger partial charge is 0.269 e. The molecule has 1 aliphatic rings. The molecule has 0 fully saturated rings. The van der Waals surface area contributed by atoms with Crippen molar-refractivity contribution in [2.24, 2.45) is 0 Å². The van der Waals surface area contributed by atoms with E-state index in [-0.39, 0.29) is 12.7 Å². The van der Waals surface area contributed by atoms with Crippen LogP contribution in [0.4, 0.5) is 5.69 Å². The molecule has 1 aromatic heterocycles. The first-order chi connectivity index (χ1) is 12.3. The summed E-state index contributed by atoms with van der Waals surface area (Å²) in [5.74, 6) is 1.33. The summed E-state index contributed by atoms with van der Waals surface area (Å²) in [7, 11) is 1.64. The number of fused-ring (bicyclic) bond motifs is 1. The predicted octanol–water partition coefficient (Wildman–Crippen LogP) is 2.19. The van der Waals surface area contributed by atoms with E-state index in [1.165, 1.54) is 0 Å². The van der Waals surface area contributed by atoms with Crippen LogP contribution in [0.2, 0.25) is 0 Å². The summed E-state index contributed by atoms with van der Waals surface area (Å²) < 4.78 is 15.6. The van der Waals surface area contributed by atoms with Crippen LogP contribution in [0.25, 0.3) is 0 Å². The number of benzene rings is 1. The molecule has 0 saturated carbocycles. The van der Waals surface area contributed by atoms with Crippen molar-refractivity contribution in [1.82, 2.24) is 10.3 Å². The lowest BCUT2D eigenvalue weighted by Gasteiger charge is -2.09. The number of hydrogen-bond donors (Lipinski definition) is 2. The molecule has 2 aromatic rings. The Morgan fingerprint density at radius 3 is 3.00 bits per heavy atom. The van der Waals surface area contributed by atoms with Crippen molar-refractivity contribution in [1.29, 1.82) is 0 Å². The van der Waals surface area contributed by atoms with Gasteiger partial charge < -0.3 is 24.8 Å². The van der Waals surface area contributed by atoms with Crippen LogP contribution in [0.15, 0.2) is 36.5 Å². The molecular formula is C18H21N3O4. The Kier molecular flexibility index (Phi) is 5.69. The van der Waals surface area contributed by atoms with Gasteiger partial charge in [-0.2, -0.15) is 0 Å². The molecule has 7 nitrogen and oxygen atoms in total. The van der Waals surface area contributed by atoms with Gasteiger partial charge in [-0.05, 0) is 36.2 Å². The molecule has 25 heavy (non-hydrogen) atoms. The molecule has 3 rings (SSSR count). The zero-order valence-electron chi connectivity index (χ0n) is 14.1. The van der Waals surface area contributed by atoms with Crippen LogP contribution in [0.5, 0.6) is 11.5 Å². The first-order valence-electron chi connectivity index (χ1n) is 8.12. The SMILES string of the molecule is COCCCNC(=O)c1cc(NCc2ccc3c(c2)OCO3)ccn1. The van der Waals surface area contributed by atoms with Crippen molar-refractivity contribution >= 4 is 11.6 Å². The van der Waals surface area contributed by atoms with Crippen LogP contribution in [0.3, 0.4) is 0 Å². The Hall–Kier alpha value is -2.80. The first-order valence-corrected chi connectivity index (χ1v) is 8.12. The quantitative estimate of drug-likeness (QED) is 0.715. The molecule has 0 saturated heterocycles. The minimum Gasteiger partial charge on any atom is -0.454 e. The van der Waals surface area contributed by atoms with E-state index in [9.17, 15) is 4.79 Å². The minimum atomic E-state index is -0.192. The molecular weight excluding hydrogens is 322 g/mol. The van der Waals surface area contributed by atoms with Crippen molar-refractivity contribution in [3.8, 4) is 11.5 Å². The van der Waals surface area contributed by atoms with E-state index in [1.54, 1.807) is 19.4 Å². The molecule has 0 unspecified atom stereocenters. The number of rotatable bonds is 8. The third-order valence-electron chi connectivity index (χ3n) is 3.74. The fraction of sp³-hybridized carbons (Fsp3) is 0.333. The van der Waals surface area contributed by atoms with Crippen molar-refractivity contribution in [2.45, 2.75) is 13.0 Å². The number of amides is 1. The molecule has 0 radical (unpaired) electrons. The van der Waals surface area contributed by atoms with E-state index in [1.807, 2.05) is 24.3 Å². The van der Waals surface area contributed by atoms with Crippen LogP contribution in [-0.4, -0.2) is 37.9 Å². The van der Waals surface area contributed by atoms with Crippen LogP contribution >= 0.6 is 0 Å². The Bertz CT molecular complexity index is 736. The lowest BCUT2D eigenvalue weighted by Crippen LogP contribution is -2.26. The van der Waals surface area contributed by atoms with Crippen molar-refractivity contribution < 1.29 is 19.0 Å². The third-order valence-corrected chi connectivity index (χ3v) is 3.74. The highest BCUT2D eigenvalue weighted by Gasteiger charge is 2.13. The zero-order valence-corrected chi connectivity index (χ0v) is 14.1. The summed E-state index contributed by atoms with van der Waals surface area (Å²) in [5.41, 5.74) is 2.27. The summed E-state index contributed by atoms with van der Waals surface area (Å²) in [5, 5.41) is 6.11. The highest BCUT2D eigenvalue weighted by atomic mass is 16.7. The number of carbonyl (C=O) groups is 1. The normalized spacial score (nSPS) is 12.0. The van der Waals surface area contributed by atoms with Gasteiger partial charge in [-0.3, -0.25) is 9.78 Å². The van der Waals surface area contributed by atoms with E-state index < -0.39 is 0 Å². The zero-order chi connectivity index (χ0) is 17.5. The number of carbonyl (C=O) groups excluding carboxylic acids is 1. The molecule has 1 aromatic carbocycles. The summed E-state index contributed by atoms with van der Waals surface area (Å²) in [4.78, 5) is 16.2. The second-order valence-corrected chi connectivity index (χ2v) is 5.57. The van der Waals surface area contributed by atoms with Crippen molar-refractivity contribution in [3.05, 3.63) is 47.8 Å². The molecule has 132 valence electrons. The van der Waals surface area contributed by atoms with E-state index in [0.717, 1.165) is 29.2 Å². The minimum absolute atomic E-state index is 0.192. The summed E-state index contributed by atoms with van der Waals surface area (Å²) in [6.45, 7) is 2.04. The van der Waals surface area contributed by atoms with Crippen LogP contribution < -0.4 is 20.1 Å². The van der Waals surface area contributed by atoms with E-state index in [2.05, 4.69) is 15.6 Å². The van der Waals surface area contributed by atoms with Crippen molar-refractivity contribution in [3.63, 3.8) is 0 Å². The Morgan fingerprint density at radius 1 is 1.24 bits per heavy atom. The number of ether oxygens (including phenoxy) is 3. The highest BCUT2D eigenvalue weighted by molar-refractivity contribution is 5.93. The number of aromatic nitrogens is 1. The number of pyridine rings is 1. The molecule has 1 aliphatic heterocycles. The average Bonchev–Trinajstić information content (AvgIpc) is 3.11. The Labute approximate surface area is 146 Å². The number of nitrogens with zero attached hydrogens (tertiary/aromatic N) is 1. The standard InChI is InChI=1S/C18H21N3O4/c1-23-8-2-6-20-18(22)15-10-14(5-7-19-15)21-11-13-3-4-16-17(9-13)25-12-24-16/h3-5,7,9-10H,2,6,8,11-12H2,1H3,(H,19,21)(H,20,22). The van der Waals surface area contributed by atoms with Gasteiger partial charge in [-0.25, -0.2) is 0 Å². The lowest BCUT2D eigenvalue weighted by molar-refractivity contribution is 0.0943. The second-order valence-electron chi connectivity index (χ2n) is 5.57. The van der Waals surface area contributed by atoms with Gasteiger partial charge in [0.05, 0.1) is 0 Å². The van der Waals surface area contributed by atoms with Gasteiger partial charge in [-0.15, -0.1) is 0 Å². The second kappa shape index (κ2) is 8.34. The summed E-state index contributed by atoms with van der Waals surface area (Å²) in [6, 6.07) is 9.38. The van der Waals surface area contributed by atoms with Crippen LogP contribution in [-0.2, 0) is 11.3 Å². The van der Waals surface area contributed by atoms with Gasteiger partial charge in [0.15, 0.2) is 11.5 Å². The maximum absolute atomic E-state index is 12.1. The largest absolute Gasteiger partial charge is 0.454 e. The maximum Gasteiger partial charge on any atom is 0.269 e. The van der Waals surface area contributed by atoms with Crippen molar-refractivity contribution in [2.75, 3.05) is 32.4 Å². The number of methoxy groups -OCH3 is 1. The highest BCUT2D eigenvalue weighted by Crippen LogP contribution is 2.32. The fourth-order valence-electron chi connectivity index (χ4n) is 2.43. The molecule has 2 heterocycles. The van der Waals surface area contributed by atoms with Crippen LogP contribution in [0.1, 0.15) is 22.5 Å². The van der Waals surface area contributed by atoms with Gasteiger partial charge in [0, 0.05) is 38.7 Å². The van der Waals surface area contributed by atoms with Gasteiger partial charge in [-0.1, -0.05) is 6.07 Å². The number of hydrogen-bond acceptors (Lipinski definition) is 6. The third kappa shape index (κ3) is 4.60. The van der Waals surface area contributed by atoms with Crippen LogP contribution in [0, 0.1) is 0 Å². The molecule has 7 heteroatoms. The van der Waals surface area contributed by atoms with Gasteiger partial charge in [0.1, 0.15) is 5.69 Å². The molecule has 2 N–H and O–H groups in total. The molecule has 0 aliphatic carbocycles. The maximum atomic E-state index is 12.1. The van der Waals surface area contributed by atoms with Gasteiger partial charge in [0.2, 0.25) is 6.79 Å². The number of anilines is 1. The summed E-state index contributed by atoms with van der Waals surface area (Å²) in [6.07, 6.45) is 2.39. The van der Waals surface area contributed by atoms with E-state index in [0.29, 0.717) is 25.4 Å². The van der Waals surface area contributed by atoms with Gasteiger partial charge >= 0.3 is 0 Å². The summed E-state index contributed by atoms with van der Waals surface area (Å²) >= 11 is 0. The Balaban J connectivity index is 1.55. The van der Waals surface area contributed by atoms with E-state index >= 15 is 0 Å². The molecule has 0 spiro atoms. The topological polar surface area (TPSA) is 81.7 Å². The first kappa shape index (κ1) is 17.0. The van der Waals surface area contributed by atoms with E-state index in [4.69, 9.17) is 14.2 Å². The molecule has 0 atom stereocenters.